The predicted molar refractivity (Wildman–Crippen MR) is 56.9 cm³/mol. The highest BCUT2D eigenvalue weighted by Gasteiger charge is 2.23. The van der Waals surface area contributed by atoms with Gasteiger partial charge in [0.2, 0.25) is 5.82 Å². The van der Waals surface area contributed by atoms with Crippen LogP contribution in [0.5, 0.6) is 0 Å². The maximum atomic E-state index is 10.8. The molecule has 2 rings (SSSR count). The van der Waals surface area contributed by atoms with Crippen LogP contribution in [0.1, 0.15) is 24.8 Å². The van der Waals surface area contributed by atoms with Gasteiger partial charge in [-0.3, -0.25) is 10.1 Å². The van der Waals surface area contributed by atoms with Crippen LogP contribution in [0.2, 0.25) is 0 Å². The van der Waals surface area contributed by atoms with Crippen LogP contribution in [0.25, 0.3) is 0 Å². The molecule has 1 fully saturated rings. The summed E-state index contributed by atoms with van der Waals surface area (Å²) in [5, 5.41) is 22.5. The number of pyridine rings is 1. The fraction of sp³-hybridized carbons (Fsp3) is 0.400. The van der Waals surface area contributed by atoms with E-state index in [1.165, 1.54) is 12.3 Å². The summed E-state index contributed by atoms with van der Waals surface area (Å²) in [5.74, 6) is 0.258. The van der Waals surface area contributed by atoms with Crippen LogP contribution in [0.3, 0.4) is 0 Å². The molecule has 6 nitrogen and oxygen atoms in total. The number of hydrogen-bond acceptors (Lipinski definition) is 5. The summed E-state index contributed by atoms with van der Waals surface area (Å²) in [6, 6.07) is 3.36. The lowest BCUT2D eigenvalue weighted by atomic mass is 9.93. The topological polar surface area (TPSA) is 91.8 Å². The molecule has 0 bridgehead atoms. The van der Waals surface area contributed by atoms with Gasteiger partial charge in [-0.25, -0.2) is 4.98 Å². The maximum absolute atomic E-state index is 10.8. The smallest absolute Gasteiger partial charge is 0.312 e. The molecule has 6 heteroatoms. The molecule has 1 N–H and O–H groups in total. The molecule has 82 valence electrons. The van der Waals surface area contributed by atoms with Gasteiger partial charge in [0, 0.05) is 18.3 Å². The van der Waals surface area contributed by atoms with E-state index in [0.29, 0.717) is 0 Å². The van der Waals surface area contributed by atoms with Gasteiger partial charge in [-0.1, -0.05) is 0 Å². The molecule has 1 aromatic rings. The normalized spacial score (nSPS) is 14.9. The standard InChI is InChI=1S/C10H10N4O2/c11-5-7-4-9(14(15)16)10(12-6-7)13-8-2-1-3-8/h4,6,8H,1-3H2,(H,12,13). The summed E-state index contributed by atoms with van der Waals surface area (Å²) in [6.07, 6.45) is 4.51. The first-order chi connectivity index (χ1) is 7.70. The van der Waals surface area contributed by atoms with Crippen LogP contribution in [-0.2, 0) is 0 Å². The largest absolute Gasteiger partial charge is 0.362 e. The van der Waals surface area contributed by atoms with Crippen molar-refractivity contribution in [2.75, 3.05) is 5.32 Å². The molecule has 1 heterocycles. The zero-order valence-electron chi connectivity index (χ0n) is 8.51. The number of nitro groups is 1. The lowest BCUT2D eigenvalue weighted by Crippen LogP contribution is -2.27. The van der Waals surface area contributed by atoms with Crippen molar-refractivity contribution in [3.8, 4) is 6.07 Å². The summed E-state index contributed by atoms with van der Waals surface area (Å²) in [5.41, 5.74) is 0.0665. The van der Waals surface area contributed by atoms with Crippen LogP contribution in [0.15, 0.2) is 12.3 Å². The van der Waals surface area contributed by atoms with E-state index >= 15 is 0 Å². The van der Waals surface area contributed by atoms with Gasteiger partial charge >= 0.3 is 5.69 Å². The summed E-state index contributed by atoms with van der Waals surface area (Å²) < 4.78 is 0. The maximum Gasteiger partial charge on any atom is 0.312 e. The molecule has 0 aromatic carbocycles. The third kappa shape index (κ3) is 1.93. The van der Waals surface area contributed by atoms with Crippen LogP contribution in [0.4, 0.5) is 11.5 Å². The summed E-state index contributed by atoms with van der Waals surface area (Å²) in [6.45, 7) is 0. The second-order valence-electron chi connectivity index (χ2n) is 3.73. The Morgan fingerprint density at radius 1 is 1.62 bits per heavy atom. The third-order valence-electron chi connectivity index (χ3n) is 2.64. The molecule has 0 saturated heterocycles. The van der Waals surface area contributed by atoms with Gasteiger partial charge in [0.05, 0.1) is 10.5 Å². The summed E-state index contributed by atoms with van der Waals surface area (Å²) >= 11 is 0. The molecule has 0 spiro atoms. The van der Waals surface area contributed by atoms with Crippen molar-refractivity contribution in [1.29, 1.82) is 5.26 Å². The zero-order valence-corrected chi connectivity index (χ0v) is 8.51. The van der Waals surface area contributed by atoms with Gasteiger partial charge in [0.25, 0.3) is 0 Å². The van der Waals surface area contributed by atoms with Gasteiger partial charge in [-0.15, -0.1) is 0 Å². The molecule has 0 unspecified atom stereocenters. The van der Waals surface area contributed by atoms with Crippen molar-refractivity contribution in [3.05, 3.63) is 27.9 Å². The van der Waals surface area contributed by atoms with Crippen LogP contribution in [-0.4, -0.2) is 15.9 Å². The first-order valence-electron chi connectivity index (χ1n) is 5.02. The summed E-state index contributed by atoms with van der Waals surface area (Å²) in [4.78, 5) is 14.2. The van der Waals surface area contributed by atoms with E-state index in [1.54, 1.807) is 0 Å². The number of nitrogens with one attached hydrogen (secondary N) is 1. The number of rotatable bonds is 3. The van der Waals surface area contributed by atoms with Gasteiger partial charge in [0.1, 0.15) is 6.07 Å². The van der Waals surface area contributed by atoms with E-state index in [1.807, 2.05) is 6.07 Å². The molecule has 1 aromatic heterocycles. The molecule has 0 radical (unpaired) electrons. The number of hydrogen-bond donors (Lipinski definition) is 1. The number of aromatic nitrogens is 1. The van der Waals surface area contributed by atoms with E-state index in [4.69, 9.17) is 5.26 Å². The van der Waals surface area contributed by atoms with E-state index in [-0.39, 0.29) is 23.1 Å². The molecule has 16 heavy (non-hydrogen) atoms. The Labute approximate surface area is 92.1 Å². The van der Waals surface area contributed by atoms with Crippen molar-refractivity contribution >= 4 is 11.5 Å². The SMILES string of the molecule is N#Cc1cnc(NC2CCC2)c([N+](=O)[O-])c1. The molecule has 0 amide bonds. The fourth-order valence-electron chi connectivity index (χ4n) is 1.51. The minimum atomic E-state index is -0.519. The molecule has 1 aliphatic carbocycles. The Bertz CT molecular complexity index is 462. The highest BCUT2D eigenvalue weighted by molar-refractivity contribution is 5.58. The van der Waals surface area contributed by atoms with E-state index < -0.39 is 4.92 Å². The first kappa shape index (κ1) is 10.4. The Morgan fingerprint density at radius 3 is 2.88 bits per heavy atom. The van der Waals surface area contributed by atoms with E-state index in [0.717, 1.165) is 19.3 Å². The Morgan fingerprint density at radius 2 is 2.38 bits per heavy atom. The van der Waals surface area contributed by atoms with Gasteiger partial charge in [-0.2, -0.15) is 5.26 Å². The number of anilines is 1. The minimum absolute atomic E-state index is 0.133. The molecular formula is C10H10N4O2. The van der Waals surface area contributed by atoms with Crippen LogP contribution < -0.4 is 5.32 Å². The average Bonchev–Trinajstić information content (AvgIpc) is 2.23. The number of nitrogens with zero attached hydrogens (tertiary/aromatic N) is 3. The van der Waals surface area contributed by atoms with Gasteiger partial charge in [0.15, 0.2) is 0 Å². The zero-order chi connectivity index (χ0) is 11.5. The number of nitriles is 1. The second kappa shape index (κ2) is 4.14. The van der Waals surface area contributed by atoms with E-state index in [9.17, 15) is 10.1 Å². The second-order valence-corrected chi connectivity index (χ2v) is 3.73. The minimum Gasteiger partial charge on any atom is -0.362 e. The summed E-state index contributed by atoms with van der Waals surface area (Å²) in [7, 11) is 0. The third-order valence-corrected chi connectivity index (χ3v) is 2.64. The van der Waals surface area contributed by atoms with Crippen molar-refractivity contribution in [2.45, 2.75) is 25.3 Å². The van der Waals surface area contributed by atoms with E-state index in [2.05, 4.69) is 10.3 Å². The molecule has 1 aliphatic rings. The Balaban J connectivity index is 2.28. The highest BCUT2D eigenvalue weighted by atomic mass is 16.6. The lowest BCUT2D eigenvalue weighted by molar-refractivity contribution is -0.384. The van der Waals surface area contributed by atoms with Crippen molar-refractivity contribution in [1.82, 2.24) is 4.98 Å². The monoisotopic (exact) mass is 218 g/mol. The molecule has 0 aliphatic heterocycles. The fourth-order valence-corrected chi connectivity index (χ4v) is 1.51. The van der Waals surface area contributed by atoms with Crippen molar-refractivity contribution in [3.63, 3.8) is 0 Å². The van der Waals surface area contributed by atoms with Crippen LogP contribution in [0, 0.1) is 21.4 Å². The molecular weight excluding hydrogens is 208 g/mol. The average molecular weight is 218 g/mol. The molecule has 1 saturated carbocycles. The lowest BCUT2D eigenvalue weighted by Gasteiger charge is -2.26. The molecule has 0 atom stereocenters. The predicted octanol–water partition coefficient (Wildman–Crippen LogP) is 1.83. The van der Waals surface area contributed by atoms with Gasteiger partial charge in [-0.05, 0) is 19.3 Å². The van der Waals surface area contributed by atoms with Crippen LogP contribution >= 0.6 is 0 Å². The highest BCUT2D eigenvalue weighted by Crippen LogP contribution is 2.28. The Kier molecular flexibility index (Phi) is 2.68. The van der Waals surface area contributed by atoms with Crippen molar-refractivity contribution in [2.24, 2.45) is 0 Å². The Hall–Kier alpha value is -2.16. The van der Waals surface area contributed by atoms with Gasteiger partial charge < -0.3 is 5.32 Å². The van der Waals surface area contributed by atoms with Crippen molar-refractivity contribution < 1.29 is 4.92 Å². The first-order valence-corrected chi connectivity index (χ1v) is 5.02. The quantitative estimate of drug-likeness (QED) is 0.617.